The summed E-state index contributed by atoms with van der Waals surface area (Å²) >= 11 is 0. The third kappa shape index (κ3) is 6.96. The number of nitrogens with one attached hydrogen (secondary N) is 1. The molecule has 2 unspecified atom stereocenters. The summed E-state index contributed by atoms with van der Waals surface area (Å²) in [5.41, 5.74) is 4.12. The molecule has 0 spiro atoms. The van der Waals surface area contributed by atoms with E-state index in [-0.39, 0.29) is 0 Å². The number of benzene rings is 3. The summed E-state index contributed by atoms with van der Waals surface area (Å²) in [6.07, 6.45) is 0.898. The maximum atomic E-state index is 12.8. The van der Waals surface area contributed by atoms with Gasteiger partial charge in [0.05, 0.1) is 5.56 Å². The fourth-order valence-electron chi connectivity index (χ4n) is 4.84. The molecule has 0 aliphatic carbocycles. The number of likely N-dealkylation sites (tertiary alicyclic amines) is 1. The van der Waals surface area contributed by atoms with Crippen LogP contribution in [0.15, 0.2) is 72.8 Å². The van der Waals surface area contributed by atoms with Gasteiger partial charge in [-0.25, -0.2) is 0 Å². The molecule has 1 aliphatic rings. The van der Waals surface area contributed by atoms with Gasteiger partial charge in [-0.1, -0.05) is 73.5 Å². The molecular weight excluding hydrogens is 461 g/mol. The Bertz CT molecular complexity index is 1070. The lowest BCUT2D eigenvalue weighted by Gasteiger charge is -2.28. The third-order valence-corrected chi connectivity index (χ3v) is 7.17. The second kappa shape index (κ2) is 12.0. The van der Waals surface area contributed by atoms with Gasteiger partial charge in [0.15, 0.2) is 0 Å². The molecule has 6 heteroatoms. The Hall–Kier alpha value is -2.67. The third-order valence-electron chi connectivity index (χ3n) is 7.17. The molecule has 1 heterocycles. The normalized spacial score (nSPS) is 16.9. The average molecular weight is 497 g/mol. The molecule has 0 aromatic heterocycles. The number of hydrogen-bond donors (Lipinski definition) is 2. The molecule has 192 valence electrons. The highest BCUT2D eigenvalue weighted by atomic mass is 19.4. The standard InChI is InChI=1S/C30H35F3N2O/c1-22(35-20-4-2-3-5-21-35)24-8-6-23(7-9-24)18-19-34-29(36)27-12-10-25(11-13-27)26-14-16-28(17-15-26)30(31,32)33/h6-17,22,29,34,36H,2-5,18-21H2,1H3. The summed E-state index contributed by atoms with van der Waals surface area (Å²) in [6.45, 7) is 5.27. The largest absolute Gasteiger partial charge is 0.416 e. The fourth-order valence-corrected chi connectivity index (χ4v) is 4.84. The molecule has 36 heavy (non-hydrogen) atoms. The summed E-state index contributed by atoms with van der Waals surface area (Å²) < 4.78 is 38.3. The van der Waals surface area contributed by atoms with Crippen molar-refractivity contribution in [3.8, 4) is 11.1 Å². The van der Waals surface area contributed by atoms with Crippen LogP contribution < -0.4 is 5.32 Å². The second-order valence-electron chi connectivity index (χ2n) is 9.67. The van der Waals surface area contributed by atoms with Crippen molar-refractivity contribution in [2.24, 2.45) is 0 Å². The molecule has 2 atom stereocenters. The van der Waals surface area contributed by atoms with Crippen molar-refractivity contribution in [1.82, 2.24) is 10.2 Å². The van der Waals surface area contributed by atoms with Crippen molar-refractivity contribution >= 4 is 0 Å². The molecule has 0 amide bonds. The maximum absolute atomic E-state index is 12.8. The quantitative estimate of drug-likeness (QED) is 0.326. The first-order valence-electron chi connectivity index (χ1n) is 12.8. The van der Waals surface area contributed by atoms with Crippen LogP contribution in [0.2, 0.25) is 0 Å². The zero-order chi connectivity index (χ0) is 25.5. The van der Waals surface area contributed by atoms with Gasteiger partial charge in [-0.15, -0.1) is 0 Å². The Morgan fingerprint density at radius 2 is 1.31 bits per heavy atom. The lowest BCUT2D eigenvalue weighted by molar-refractivity contribution is -0.137. The van der Waals surface area contributed by atoms with Gasteiger partial charge >= 0.3 is 6.18 Å². The Morgan fingerprint density at radius 3 is 1.86 bits per heavy atom. The van der Waals surface area contributed by atoms with Crippen LogP contribution in [0.25, 0.3) is 11.1 Å². The van der Waals surface area contributed by atoms with Crippen LogP contribution in [-0.2, 0) is 12.6 Å². The molecule has 3 nitrogen and oxygen atoms in total. The van der Waals surface area contributed by atoms with Gasteiger partial charge in [-0.2, -0.15) is 13.2 Å². The van der Waals surface area contributed by atoms with E-state index in [4.69, 9.17) is 0 Å². The first-order valence-corrected chi connectivity index (χ1v) is 12.8. The summed E-state index contributed by atoms with van der Waals surface area (Å²) in [4.78, 5) is 2.59. The van der Waals surface area contributed by atoms with Crippen molar-refractivity contribution in [3.63, 3.8) is 0 Å². The van der Waals surface area contributed by atoms with Crippen LogP contribution in [0, 0.1) is 0 Å². The van der Waals surface area contributed by atoms with E-state index in [1.54, 1.807) is 12.1 Å². The van der Waals surface area contributed by atoms with Gasteiger partial charge in [0, 0.05) is 12.6 Å². The van der Waals surface area contributed by atoms with E-state index < -0.39 is 18.0 Å². The first kappa shape index (κ1) is 26.4. The Balaban J connectivity index is 1.26. The number of aliphatic hydroxyl groups is 1. The lowest BCUT2D eigenvalue weighted by Crippen LogP contribution is -2.28. The minimum Gasteiger partial charge on any atom is -0.374 e. The molecular formula is C30H35F3N2O. The van der Waals surface area contributed by atoms with Crippen LogP contribution in [0.5, 0.6) is 0 Å². The molecule has 1 saturated heterocycles. The van der Waals surface area contributed by atoms with Crippen molar-refractivity contribution in [2.75, 3.05) is 19.6 Å². The molecule has 1 aliphatic heterocycles. The van der Waals surface area contributed by atoms with E-state index >= 15 is 0 Å². The molecule has 4 rings (SSSR count). The van der Waals surface area contributed by atoms with Crippen LogP contribution >= 0.6 is 0 Å². The SMILES string of the molecule is CC(c1ccc(CCNC(O)c2ccc(-c3ccc(C(F)(F)F)cc3)cc2)cc1)N1CCCCCC1. The van der Waals surface area contributed by atoms with Crippen LogP contribution in [0.1, 0.15) is 67.1 Å². The van der Waals surface area contributed by atoms with Crippen LogP contribution in [-0.4, -0.2) is 29.6 Å². The van der Waals surface area contributed by atoms with E-state index in [0.717, 1.165) is 24.1 Å². The smallest absolute Gasteiger partial charge is 0.374 e. The predicted octanol–water partition coefficient (Wildman–Crippen LogP) is 7.13. The Labute approximate surface area is 212 Å². The zero-order valence-electron chi connectivity index (χ0n) is 20.8. The average Bonchev–Trinajstić information content (AvgIpc) is 3.18. The van der Waals surface area contributed by atoms with Crippen molar-refractivity contribution in [2.45, 2.75) is 57.5 Å². The molecule has 0 radical (unpaired) electrons. The lowest BCUT2D eigenvalue weighted by atomic mass is 10.0. The molecule has 3 aromatic rings. The molecule has 0 saturated carbocycles. The highest BCUT2D eigenvalue weighted by molar-refractivity contribution is 5.64. The number of nitrogens with zero attached hydrogens (tertiary/aromatic N) is 1. The maximum Gasteiger partial charge on any atom is 0.416 e. The second-order valence-corrected chi connectivity index (χ2v) is 9.67. The minimum absolute atomic E-state index is 0.433. The summed E-state index contributed by atoms with van der Waals surface area (Å²) in [7, 11) is 0. The van der Waals surface area contributed by atoms with Gasteiger partial charge in [0.1, 0.15) is 6.23 Å². The number of alkyl halides is 3. The van der Waals surface area contributed by atoms with Gasteiger partial charge in [0.2, 0.25) is 0 Å². The zero-order valence-corrected chi connectivity index (χ0v) is 20.8. The first-order chi connectivity index (χ1) is 17.3. The molecule has 0 bridgehead atoms. The van der Waals surface area contributed by atoms with Gasteiger partial charge in [0.25, 0.3) is 0 Å². The van der Waals surface area contributed by atoms with Gasteiger partial charge in [-0.05, 0) is 79.2 Å². The van der Waals surface area contributed by atoms with Crippen molar-refractivity contribution in [3.05, 3.63) is 95.1 Å². The van der Waals surface area contributed by atoms with Gasteiger partial charge < -0.3 is 5.11 Å². The highest BCUT2D eigenvalue weighted by Crippen LogP contribution is 2.31. The fraction of sp³-hybridized carbons (Fsp3) is 0.400. The molecule has 1 fully saturated rings. The Kier molecular flexibility index (Phi) is 8.83. The van der Waals surface area contributed by atoms with E-state index in [2.05, 4.69) is 41.4 Å². The molecule has 3 aromatic carbocycles. The van der Waals surface area contributed by atoms with Crippen LogP contribution in [0.4, 0.5) is 13.2 Å². The van der Waals surface area contributed by atoms with E-state index in [1.165, 1.54) is 62.0 Å². The topological polar surface area (TPSA) is 35.5 Å². The van der Waals surface area contributed by atoms with Crippen LogP contribution in [0.3, 0.4) is 0 Å². The number of halogens is 3. The number of aliphatic hydroxyl groups excluding tert-OH is 1. The Morgan fingerprint density at radius 1 is 0.778 bits per heavy atom. The minimum atomic E-state index is -4.34. The summed E-state index contributed by atoms with van der Waals surface area (Å²) in [5, 5.41) is 13.7. The van der Waals surface area contributed by atoms with E-state index in [1.807, 2.05) is 12.1 Å². The monoisotopic (exact) mass is 496 g/mol. The van der Waals surface area contributed by atoms with Gasteiger partial charge in [-0.3, -0.25) is 10.2 Å². The van der Waals surface area contributed by atoms with E-state index in [0.29, 0.717) is 23.7 Å². The summed E-state index contributed by atoms with van der Waals surface area (Å²) in [5.74, 6) is 0. The number of rotatable bonds is 8. The number of hydrogen-bond acceptors (Lipinski definition) is 3. The van der Waals surface area contributed by atoms with Crippen molar-refractivity contribution < 1.29 is 18.3 Å². The van der Waals surface area contributed by atoms with E-state index in [9.17, 15) is 18.3 Å². The highest BCUT2D eigenvalue weighted by Gasteiger charge is 2.30. The predicted molar refractivity (Wildman–Crippen MR) is 138 cm³/mol. The summed E-state index contributed by atoms with van der Waals surface area (Å²) in [6, 6.07) is 21.5. The molecule has 2 N–H and O–H groups in total. The van der Waals surface area contributed by atoms with Crippen molar-refractivity contribution in [1.29, 1.82) is 0 Å².